The number of para-hydroxylation sites is 1. The van der Waals surface area contributed by atoms with Crippen molar-refractivity contribution in [2.24, 2.45) is 11.7 Å². The number of nitrogens with two attached hydrogens (primary N) is 1. The number of carbonyl (C=O) groups is 1. The van der Waals surface area contributed by atoms with Crippen molar-refractivity contribution in [1.82, 2.24) is 15.1 Å². The molecule has 0 unspecified atom stereocenters. The molecule has 0 atom stereocenters. The van der Waals surface area contributed by atoms with Crippen LogP contribution in [0.2, 0.25) is 0 Å². The Hall–Kier alpha value is -2.34. The zero-order valence-electron chi connectivity index (χ0n) is 13.0. The number of piperidine rings is 1. The topological polar surface area (TPSA) is 85.0 Å². The second kappa shape index (κ2) is 5.70. The lowest BCUT2D eigenvalue weighted by molar-refractivity contribution is 0.1000. The Bertz CT molecular complexity index is 745. The summed E-state index contributed by atoms with van der Waals surface area (Å²) in [7, 11) is 0. The Kier molecular flexibility index (Phi) is 3.53. The summed E-state index contributed by atoms with van der Waals surface area (Å²) in [6.45, 7) is 2.76. The van der Waals surface area contributed by atoms with Gasteiger partial charge in [-0.05, 0) is 49.9 Å². The van der Waals surface area contributed by atoms with E-state index in [-0.39, 0.29) is 0 Å². The summed E-state index contributed by atoms with van der Waals surface area (Å²) in [5.41, 5.74) is 9.24. The van der Waals surface area contributed by atoms with Gasteiger partial charge >= 0.3 is 0 Å². The third kappa shape index (κ3) is 2.49. The van der Waals surface area contributed by atoms with E-state index in [9.17, 15) is 4.79 Å². The van der Waals surface area contributed by atoms with E-state index in [1.807, 2.05) is 22.9 Å². The first-order chi connectivity index (χ1) is 11.2. The van der Waals surface area contributed by atoms with E-state index in [1.165, 1.54) is 5.56 Å². The Balaban J connectivity index is 1.76. The molecule has 23 heavy (non-hydrogen) atoms. The Labute approximate surface area is 135 Å². The van der Waals surface area contributed by atoms with Crippen LogP contribution in [-0.4, -0.2) is 28.8 Å². The van der Waals surface area contributed by atoms with E-state index in [2.05, 4.69) is 16.7 Å². The van der Waals surface area contributed by atoms with Crippen molar-refractivity contribution in [2.75, 3.05) is 18.4 Å². The van der Waals surface area contributed by atoms with Crippen LogP contribution in [0.15, 0.2) is 24.3 Å². The highest BCUT2D eigenvalue weighted by Gasteiger charge is 2.28. The molecule has 1 saturated heterocycles. The summed E-state index contributed by atoms with van der Waals surface area (Å²) in [6, 6.07) is 8.11. The zero-order valence-corrected chi connectivity index (χ0v) is 13.0. The average Bonchev–Trinajstić information content (AvgIpc) is 2.94. The molecule has 1 fully saturated rings. The number of nitrogens with one attached hydrogen (secondary N) is 2. The highest BCUT2D eigenvalue weighted by molar-refractivity contribution is 5.99. The second-order valence-electron chi connectivity index (χ2n) is 6.33. The minimum absolute atomic E-state index is 0.401. The quantitative estimate of drug-likeness (QED) is 0.801. The first kappa shape index (κ1) is 14.3. The van der Waals surface area contributed by atoms with Crippen molar-refractivity contribution in [1.29, 1.82) is 0 Å². The van der Waals surface area contributed by atoms with E-state index >= 15 is 0 Å². The maximum absolute atomic E-state index is 12.0. The molecule has 120 valence electrons. The summed E-state index contributed by atoms with van der Waals surface area (Å²) in [5.74, 6) is 0.892. The van der Waals surface area contributed by atoms with Gasteiger partial charge in [-0.3, -0.25) is 4.79 Å². The third-order valence-electron chi connectivity index (χ3n) is 4.81. The molecular weight excluding hydrogens is 290 g/mol. The van der Waals surface area contributed by atoms with Gasteiger partial charge in [-0.1, -0.05) is 18.2 Å². The molecule has 2 aliphatic heterocycles. The van der Waals surface area contributed by atoms with E-state index in [0.29, 0.717) is 18.0 Å². The molecule has 2 aromatic rings. The summed E-state index contributed by atoms with van der Waals surface area (Å²) >= 11 is 0. The van der Waals surface area contributed by atoms with Crippen molar-refractivity contribution >= 4 is 11.7 Å². The Morgan fingerprint density at radius 1 is 1.30 bits per heavy atom. The van der Waals surface area contributed by atoms with Crippen molar-refractivity contribution in [3.05, 3.63) is 41.1 Å². The summed E-state index contributed by atoms with van der Waals surface area (Å²) in [4.78, 5) is 12.0. The second-order valence-corrected chi connectivity index (χ2v) is 6.33. The molecule has 0 bridgehead atoms. The molecule has 3 heterocycles. The molecule has 4 N–H and O–H groups in total. The molecule has 1 amide bonds. The minimum atomic E-state index is -0.401. The lowest BCUT2D eigenvalue weighted by Crippen LogP contribution is -2.29. The van der Waals surface area contributed by atoms with Crippen LogP contribution in [0.25, 0.3) is 5.69 Å². The van der Waals surface area contributed by atoms with E-state index in [1.54, 1.807) is 0 Å². The third-order valence-corrected chi connectivity index (χ3v) is 4.81. The molecule has 0 saturated carbocycles. The van der Waals surface area contributed by atoms with E-state index < -0.39 is 5.91 Å². The van der Waals surface area contributed by atoms with Crippen LogP contribution in [0.4, 0.5) is 5.82 Å². The van der Waals surface area contributed by atoms with Crippen LogP contribution in [0.5, 0.6) is 0 Å². The Morgan fingerprint density at radius 2 is 2.09 bits per heavy atom. The van der Waals surface area contributed by atoms with Gasteiger partial charge in [0.15, 0.2) is 0 Å². The normalized spacial score (nSPS) is 17.2. The average molecular weight is 311 g/mol. The van der Waals surface area contributed by atoms with Gasteiger partial charge in [0.2, 0.25) is 0 Å². The fourth-order valence-corrected chi connectivity index (χ4v) is 3.61. The highest BCUT2D eigenvalue weighted by Crippen LogP contribution is 2.32. The van der Waals surface area contributed by atoms with Gasteiger partial charge in [0.05, 0.1) is 11.4 Å². The number of rotatable bonds is 3. The van der Waals surface area contributed by atoms with Gasteiger partial charge in [-0.2, -0.15) is 5.10 Å². The molecule has 1 aromatic carbocycles. The molecule has 0 aliphatic carbocycles. The molecule has 2 aliphatic rings. The highest BCUT2D eigenvalue weighted by atomic mass is 16.1. The van der Waals surface area contributed by atoms with E-state index in [0.717, 1.165) is 49.6 Å². The van der Waals surface area contributed by atoms with Gasteiger partial charge in [0.25, 0.3) is 5.91 Å². The van der Waals surface area contributed by atoms with Crippen molar-refractivity contribution in [3.8, 4) is 5.69 Å². The lowest BCUT2D eigenvalue weighted by Gasteiger charge is -2.21. The number of hydrogen-bond donors (Lipinski definition) is 3. The van der Waals surface area contributed by atoms with E-state index in [4.69, 9.17) is 10.8 Å². The number of fused-ring (bicyclic) bond motifs is 3. The molecule has 1 aromatic heterocycles. The molecular formula is C17H21N5O. The summed E-state index contributed by atoms with van der Waals surface area (Å²) < 4.78 is 1.84. The predicted octanol–water partition coefficient (Wildman–Crippen LogP) is 1.44. The van der Waals surface area contributed by atoms with Gasteiger partial charge in [-0.25, -0.2) is 4.68 Å². The zero-order chi connectivity index (χ0) is 15.8. The molecule has 6 nitrogen and oxygen atoms in total. The fourth-order valence-electron chi connectivity index (χ4n) is 3.61. The number of anilines is 1. The Morgan fingerprint density at radius 3 is 2.87 bits per heavy atom. The largest absolute Gasteiger partial charge is 0.365 e. The first-order valence-electron chi connectivity index (χ1n) is 8.18. The number of carbonyl (C=O) groups excluding carboxylic acids is 1. The molecule has 0 spiro atoms. The van der Waals surface area contributed by atoms with Crippen LogP contribution in [-0.2, 0) is 13.0 Å². The minimum Gasteiger partial charge on any atom is -0.365 e. The van der Waals surface area contributed by atoms with Crippen LogP contribution in [0, 0.1) is 5.92 Å². The number of aromatic nitrogens is 2. The number of nitrogens with zero attached hydrogens (tertiary/aromatic N) is 2. The number of primary amides is 1. The predicted molar refractivity (Wildman–Crippen MR) is 88.7 cm³/mol. The maximum atomic E-state index is 12.0. The van der Waals surface area contributed by atoms with Gasteiger partial charge in [0.1, 0.15) is 11.4 Å². The van der Waals surface area contributed by atoms with Crippen molar-refractivity contribution in [2.45, 2.75) is 25.8 Å². The number of benzene rings is 1. The van der Waals surface area contributed by atoms with Gasteiger partial charge in [0, 0.05) is 6.54 Å². The summed E-state index contributed by atoms with van der Waals surface area (Å²) in [6.07, 6.45) is 3.04. The number of amides is 1. The molecule has 6 heteroatoms. The maximum Gasteiger partial charge on any atom is 0.254 e. The van der Waals surface area contributed by atoms with Crippen LogP contribution in [0.1, 0.15) is 34.5 Å². The molecule has 0 radical (unpaired) electrons. The SMILES string of the molecule is NC(=O)c1c(CC2CCNCC2)nn2c1NCc1ccccc1-2. The monoisotopic (exact) mass is 311 g/mol. The smallest absolute Gasteiger partial charge is 0.254 e. The van der Waals surface area contributed by atoms with Gasteiger partial charge in [-0.15, -0.1) is 0 Å². The molecule has 4 rings (SSSR count). The van der Waals surface area contributed by atoms with Crippen molar-refractivity contribution < 1.29 is 4.79 Å². The first-order valence-corrected chi connectivity index (χ1v) is 8.18. The lowest BCUT2D eigenvalue weighted by atomic mass is 9.92. The van der Waals surface area contributed by atoms with Crippen LogP contribution < -0.4 is 16.4 Å². The van der Waals surface area contributed by atoms with Crippen molar-refractivity contribution in [3.63, 3.8) is 0 Å². The fraction of sp³-hybridized carbons (Fsp3) is 0.412. The standard InChI is InChI=1S/C17H21N5O/c18-16(23)15-13(9-11-5-7-19-8-6-11)21-22-14-4-2-1-3-12(14)10-20-17(15)22/h1-4,11,19-20H,5-10H2,(H2,18,23). The van der Waals surface area contributed by atoms with Gasteiger partial charge < -0.3 is 16.4 Å². The van der Waals surface area contributed by atoms with Crippen LogP contribution >= 0.6 is 0 Å². The van der Waals surface area contributed by atoms with Crippen LogP contribution in [0.3, 0.4) is 0 Å². The summed E-state index contributed by atoms with van der Waals surface area (Å²) in [5, 5.41) is 11.4. The number of hydrogen-bond acceptors (Lipinski definition) is 4.